The Bertz CT molecular complexity index is 486. The normalized spacial score (nSPS) is 24.0. The molecule has 2 aliphatic rings. The van der Waals surface area contributed by atoms with Crippen molar-refractivity contribution in [1.29, 1.82) is 0 Å². The van der Waals surface area contributed by atoms with Crippen molar-refractivity contribution in [2.24, 2.45) is 5.92 Å². The third-order valence-electron chi connectivity index (χ3n) is 5.47. The second kappa shape index (κ2) is 9.88. The molecule has 2 fully saturated rings. The number of rotatable bonds is 10. The zero-order chi connectivity index (χ0) is 20.9. The number of amides is 1. The van der Waals surface area contributed by atoms with Crippen LogP contribution >= 0.6 is 0 Å². The van der Waals surface area contributed by atoms with Gasteiger partial charge in [-0.3, -0.25) is 9.69 Å². The highest BCUT2D eigenvalue weighted by Crippen LogP contribution is 2.30. The average molecular weight is 399 g/mol. The van der Waals surface area contributed by atoms with Crippen LogP contribution in [0.2, 0.25) is 0 Å². The molecular formula is C22H42N2O4. The van der Waals surface area contributed by atoms with Gasteiger partial charge in [0.2, 0.25) is 5.91 Å². The summed E-state index contributed by atoms with van der Waals surface area (Å²) in [4.78, 5) is 16.3. The summed E-state index contributed by atoms with van der Waals surface area (Å²) in [5, 5.41) is 0. The first-order valence-corrected chi connectivity index (χ1v) is 10.8. The van der Waals surface area contributed by atoms with Gasteiger partial charge < -0.3 is 19.1 Å². The molecule has 0 atom stereocenters. The van der Waals surface area contributed by atoms with Gasteiger partial charge >= 0.3 is 0 Å². The fraction of sp³-hybridized carbons (Fsp3) is 0.955. The van der Waals surface area contributed by atoms with E-state index in [1.807, 2.05) is 7.05 Å². The smallest absolute Gasteiger partial charge is 0.248 e. The van der Waals surface area contributed by atoms with E-state index in [1.54, 1.807) is 4.90 Å². The van der Waals surface area contributed by atoms with Gasteiger partial charge in [0.15, 0.2) is 0 Å². The SMILES string of the molecule is CN(CCCOC1CC(OC(C)(C)C)C1)C(=O)COCC1CN(C(C)(C)C)C1. The van der Waals surface area contributed by atoms with E-state index in [0.29, 0.717) is 37.9 Å². The molecule has 0 aromatic rings. The van der Waals surface area contributed by atoms with Gasteiger partial charge in [-0.05, 0) is 60.8 Å². The Morgan fingerprint density at radius 3 is 2.29 bits per heavy atom. The first-order valence-electron chi connectivity index (χ1n) is 10.8. The molecule has 0 radical (unpaired) electrons. The van der Waals surface area contributed by atoms with Crippen LogP contribution in [0.5, 0.6) is 0 Å². The quantitative estimate of drug-likeness (QED) is 0.530. The number of likely N-dealkylation sites (N-methyl/N-ethyl adjacent to an activating group) is 1. The molecule has 0 aromatic carbocycles. The number of hydrogen-bond acceptors (Lipinski definition) is 5. The van der Waals surface area contributed by atoms with Crippen LogP contribution in [0.3, 0.4) is 0 Å². The molecule has 28 heavy (non-hydrogen) atoms. The van der Waals surface area contributed by atoms with Crippen LogP contribution in [0.15, 0.2) is 0 Å². The molecule has 0 spiro atoms. The Morgan fingerprint density at radius 1 is 1.07 bits per heavy atom. The molecule has 1 aliphatic carbocycles. The lowest BCUT2D eigenvalue weighted by molar-refractivity contribution is -0.149. The highest BCUT2D eigenvalue weighted by molar-refractivity contribution is 5.77. The number of ether oxygens (including phenoxy) is 3. The van der Waals surface area contributed by atoms with Gasteiger partial charge in [-0.25, -0.2) is 0 Å². The number of hydrogen-bond donors (Lipinski definition) is 0. The van der Waals surface area contributed by atoms with E-state index in [1.165, 1.54) is 0 Å². The molecule has 0 aromatic heterocycles. The molecule has 0 bridgehead atoms. The molecule has 6 heteroatoms. The summed E-state index contributed by atoms with van der Waals surface area (Å²) in [6.07, 6.45) is 3.46. The van der Waals surface area contributed by atoms with E-state index in [-0.39, 0.29) is 23.7 Å². The van der Waals surface area contributed by atoms with E-state index in [9.17, 15) is 4.79 Å². The largest absolute Gasteiger partial charge is 0.378 e. The molecule has 1 saturated carbocycles. The maximum atomic E-state index is 12.2. The lowest BCUT2D eigenvalue weighted by Crippen LogP contribution is -2.57. The first-order chi connectivity index (χ1) is 12.9. The monoisotopic (exact) mass is 398 g/mol. The first kappa shape index (κ1) is 23.6. The van der Waals surface area contributed by atoms with Crippen molar-refractivity contribution in [3.8, 4) is 0 Å². The highest BCUT2D eigenvalue weighted by atomic mass is 16.5. The summed E-state index contributed by atoms with van der Waals surface area (Å²) >= 11 is 0. The fourth-order valence-electron chi connectivity index (χ4n) is 3.57. The average Bonchev–Trinajstić information content (AvgIpc) is 2.47. The summed E-state index contributed by atoms with van der Waals surface area (Å²) in [6.45, 7) is 17.3. The molecule has 0 N–H and O–H groups in total. The number of carbonyl (C=O) groups excluding carboxylic acids is 1. The molecule has 2 rings (SSSR count). The van der Waals surface area contributed by atoms with Crippen LogP contribution in [0.1, 0.15) is 60.8 Å². The zero-order valence-electron chi connectivity index (χ0n) is 19.1. The molecule has 1 aliphatic heterocycles. The van der Waals surface area contributed by atoms with E-state index < -0.39 is 0 Å². The number of likely N-dealkylation sites (tertiary alicyclic amines) is 1. The van der Waals surface area contributed by atoms with E-state index in [2.05, 4.69) is 46.4 Å². The Hall–Kier alpha value is -0.690. The van der Waals surface area contributed by atoms with Crippen LogP contribution in [0.4, 0.5) is 0 Å². The predicted octanol–water partition coefficient (Wildman–Crippen LogP) is 2.94. The van der Waals surface area contributed by atoms with E-state index >= 15 is 0 Å². The zero-order valence-corrected chi connectivity index (χ0v) is 19.1. The molecule has 0 unspecified atom stereocenters. The van der Waals surface area contributed by atoms with Gasteiger partial charge in [-0.1, -0.05) is 0 Å². The van der Waals surface area contributed by atoms with Gasteiger partial charge in [-0.15, -0.1) is 0 Å². The summed E-state index contributed by atoms with van der Waals surface area (Å²) in [5.74, 6) is 0.605. The molecule has 164 valence electrons. The van der Waals surface area contributed by atoms with Gasteiger partial charge in [0, 0.05) is 44.7 Å². The maximum Gasteiger partial charge on any atom is 0.248 e. The fourth-order valence-corrected chi connectivity index (χ4v) is 3.57. The highest BCUT2D eigenvalue weighted by Gasteiger charge is 2.34. The van der Waals surface area contributed by atoms with Gasteiger partial charge in [-0.2, -0.15) is 0 Å². The minimum Gasteiger partial charge on any atom is -0.378 e. The minimum atomic E-state index is -0.0780. The Balaban J connectivity index is 1.44. The van der Waals surface area contributed by atoms with Crippen LogP contribution in [-0.2, 0) is 19.0 Å². The summed E-state index contributed by atoms with van der Waals surface area (Å²) < 4.78 is 17.4. The van der Waals surface area contributed by atoms with Gasteiger partial charge in [0.1, 0.15) is 6.61 Å². The van der Waals surface area contributed by atoms with Gasteiger partial charge in [0.25, 0.3) is 0 Å². The van der Waals surface area contributed by atoms with Crippen LogP contribution in [0.25, 0.3) is 0 Å². The van der Waals surface area contributed by atoms with Crippen molar-refractivity contribution in [3.05, 3.63) is 0 Å². The summed E-state index contributed by atoms with van der Waals surface area (Å²) in [7, 11) is 1.84. The van der Waals surface area contributed by atoms with Crippen molar-refractivity contribution >= 4 is 5.91 Å². The molecule has 6 nitrogen and oxygen atoms in total. The molecule has 1 amide bonds. The van der Waals surface area contributed by atoms with Crippen molar-refractivity contribution in [1.82, 2.24) is 9.80 Å². The lowest BCUT2D eigenvalue weighted by Gasteiger charge is -2.47. The van der Waals surface area contributed by atoms with Crippen LogP contribution in [0, 0.1) is 5.92 Å². The number of nitrogens with zero attached hydrogens (tertiary/aromatic N) is 2. The van der Waals surface area contributed by atoms with Crippen LogP contribution in [-0.4, -0.2) is 85.6 Å². The lowest BCUT2D eigenvalue weighted by atomic mass is 9.91. The Kier molecular flexibility index (Phi) is 8.32. The van der Waals surface area contributed by atoms with E-state index in [0.717, 1.165) is 32.4 Å². The van der Waals surface area contributed by atoms with Crippen LogP contribution < -0.4 is 0 Å². The van der Waals surface area contributed by atoms with Crippen molar-refractivity contribution in [2.45, 2.75) is 84.2 Å². The standard InChI is InChI=1S/C22H42N2O4/c1-21(2,3)24-13-17(14-24)15-26-16-20(25)23(7)9-8-10-27-18-11-19(12-18)28-22(4,5)6/h17-19H,8-16H2,1-7H3. The summed E-state index contributed by atoms with van der Waals surface area (Å²) in [6, 6.07) is 0. The van der Waals surface area contributed by atoms with E-state index in [4.69, 9.17) is 14.2 Å². The second-order valence-electron chi connectivity index (χ2n) is 10.4. The van der Waals surface area contributed by atoms with Crippen molar-refractivity contribution < 1.29 is 19.0 Å². The third kappa shape index (κ3) is 7.97. The predicted molar refractivity (Wildman–Crippen MR) is 111 cm³/mol. The second-order valence-corrected chi connectivity index (χ2v) is 10.4. The minimum absolute atomic E-state index is 0.0503. The van der Waals surface area contributed by atoms with Crippen molar-refractivity contribution in [2.75, 3.05) is 46.5 Å². The van der Waals surface area contributed by atoms with Crippen molar-refractivity contribution in [3.63, 3.8) is 0 Å². The third-order valence-corrected chi connectivity index (χ3v) is 5.47. The molecular weight excluding hydrogens is 356 g/mol. The number of carbonyl (C=O) groups is 1. The topological polar surface area (TPSA) is 51.2 Å². The van der Waals surface area contributed by atoms with Gasteiger partial charge in [0.05, 0.1) is 24.4 Å². The Morgan fingerprint density at radius 2 is 1.71 bits per heavy atom. The molecule has 1 saturated heterocycles. The summed E-state index contributed by atoms with van der Waals surface area (Å²) in [5.41, 5.74) is 0.153. The molecule has 1 heterocycles. The maximum absolute atomic E-state index is 12.2. The Labute approximate surface area is 171 Å².